The average molecular weight is 241 g/mol. The van der Waals surface area contributed by atoms with Crippen LogP contribution in [0.25, 0.3) is 0 Å². The van der Waals surface area contributed by atoms with E-state index in [1.54, 1.807) is 19.9 Å². The first kappa shape index (κ1) is 12.5. The molecule has 0 aliphatic heterocycles. The van der Waals surface area contributed by atoms with Crippen molar-refractivity contribution in [3.8, 4) is 0 Å². The molecule has 0 spiro atoms. The molecule has 1 aromatic heterocycles. The highest BCUT2D eigenvalue weighted by atomic mass is 35.5. The number of rotatable bonds is 3. The molecule has 0 saturated heterocycles. The lowest BCUT2D eigenvalue weighted by Gasteiger charge is -2.06. The van der Waals surface area contributed by atoms with Gasteiger partial charge in [-0.1, -0.05) is 18.2 Å². The van der Waals surface area contributed by atoms with Gasteiger partial charge in [0.15, 0.2) is 0 Å². The summed E-state index contributed by atoms with van der Waals surface area (Å²) in [7, 11) is 0. The Balaban J connectivity index is 3.00. The molecule has 0 fully saturated rings. The van der Waals surface area contributed by atoms with E-state index in [1.165, 1.54) is 0 Å². The van der Waals surface area contributed by atoms with Gasteiger partial charge in [-0.25, -0.2) is 0 Å². The van der Waals surface area contributed by atoms with Crippen LogP contribution in [0.15, 0.2) is 22.5 Å². The van der Waals surface area contributed by atoms with Crippen LogP contribution in [0.5, 0.6) is 0 Å². The molecule has 4 nitrogen and oxygen atoms in total. The molecule has 0 radical (unpaired) electrons. The molecular formula is C11H13ClN2O2. The Morgan fingerprint density at radius 2 is 2.19 bits per heavy atom. The minimum absolute atomic E-state index is 0.114. The number of H-pyrrole nitrogens is 1. The maximum atomic E-state index is 11.7. The highest BCUT2D eigenvalue weighted by Crippen LogP contribution is 2.03. The third kappa shape index (κ3) is 2.97. The molecule has 0 aliphatic rings. The number of pyridine rings is 1. The summed E-state index contributed by atoms with van der Waals surface area (Å²) in [5, 5.41) is 2.82. The van der Waals surface area contributed by atoms with E-state index in [-0.39, 0.29) is 12.1 Å². The summed E-state index contributed by atoms with van der Waals surface area (Å²) in [4.78, 5) is 25.8. The lowest BCUT2D eigenvalue weighted by Crippen LogP contribution is -2.31. The fourth-order valence-electron chi connectivity index (χ4n) is 1.40. The van der Waals surface area contributed by atoms with Crippen LogP contribution in [0.3, 0.4) is 0 Å². The van der Waals surface area contributed by atoms with Crippen molar-refractivity contribution >= 4 is 17.5 Å². The molecule has 1 heterocycles. The maximum Gasteiger partial charge on any atom is 0.261 e. The second kappa shape index (κ2) is 4.99. The van der Waals surface area contributed by atoms with Crippen molar-refractivity contribution in [1.82, 2.24) is 10.3 Å². The summed E-state index contributed by atoms with van der Waals surface area (Å²) in [5.41, 5.74) is 1.08. The van der Waals surface area contributed by atoms with Gasteiger partial charge in [-0.15, -0.1) is 0 Å². The number of halogens is 1. The van der Waals surface area contributed by atoms with Crippen molar-refractivity contribution in [1.29, 1.82) is 0 Å². The maximum absolute atomic E-state index is 11.7. The zero-order valence-corrected chi connectivity index (χ0v) is 9.94. The minimum Gasteiger partial charge on any atom is -0.347 e. The first-order valence-corrected chi connectivity index (χ1v) is 5.11. The normalized spacial score (nSPS) is 9.94. The number of aromatic amines is 1. The van der Waals surface area contributed by atoms with E-state index >= 15 is 0 Å². The molecule has 0 saturated carbocycles. The van der Waals surface area contributed by atoms with E-state index in [0.29, 0.717) is 10.6 Å². The van der Waals surface area contributed by atoms with Crippen molar-refractivity contribution in [3.63, 3.8) is 0 Å². The lowest BCUT2D eigenvalue weighted by atomic mass is 10.1. The summed E-state index contributed by atoms with van der Waals surface area (Å²) in [6.45, 7) is 7.07. The standard InChI is InChI=1S/C11H13ClN2O2/c1-6-4-8(3)14-11(16)9(6)10(15)13-5-7(2)12/h4H,2,5H2,1,3H3,(H,13,15)(H,14,16). The van der Waals surface area contributed by atoms with Crippen LogP contribution in [-0.4, -0.2) is 17.4 Å². The molecule has 1 amide bonds. The van der Waals surface area contributed by atoms with Crippen LogP contribution in [0.1, 0.15) is 21.6 Å². The number of aromatic nitrogens is 1. The molecule has 0 atom stereocenters. The van der Waals surface area contributed by atoms with Crippen molar-refractivity contribution in [3.05, 3.63) is 44.9 Å². The molecule has 1 aromatic rings. The van der Waals surface area contributed by atoms with E-state index in [1.807, 2.05) is 0 Å². The van der Waals surface area contributed by atoms with Gasteiger partial charge in [0.1, 0.15) is 5.56 Å². The number of amides is 1. The monoisotopic (exact) mass is 240 g/mol. The van der Waals surface area contributed by atoms with Crippen molar-refractivity contribution < 1.29 is 4.79 Å². The highest BCUT2D eigenvalue weighted by Gasteiger charge is 2.13. The van der Waals surface area contributed by atoms with E-state index in [4.69, 9.17) is 11.6 Å². The lowest BCUT2D eigenvalue weighted by molar-refractivity contribution is 0.0955. The molecule has 0 aromatic carbocycles. The largest absolute Gasteiger partial charge is 0.347 e. The Morgan fingerprint density at radius 1 is 1.56 bits per heavy atom. The van der Waals surface area contributed by atoms with Gasteiger partial charge in [-0.05, 0) is 25.5 Å². The van der Waals surface area contributed by atoms with Gasteiger partial charge in [-0.3, -0.25) is 9.59 Å². The fraction of sp³-hybridized carbons (Fsp3) is 0.273. The first-order chi connectivity index (χ1) is 7.41. The molecule has 5 heteroatoms. The number of hydrogen-bond donors (Lipinski definition) is 2. The number of aryl methyl sites for hydroxylation is 2. The Morgan fingerprint density at radius 3 is 2.69 bits per heavy atom. The molecule has 2 N–H and O–H groups in total. The van der Waals surface area contributed by atoms with E-state index in [2.05, 4.69) is 16.9 Å². The van der Waals surface area contributed by atoms with Crippen molar-refractivity contribution in [2.75, 3.05) is 6.54 Å². The minimum atomic E-state index is -0.444. The summed E-state index contributed by atoms with van der Waals surface area (Å²) in [6.07, 6.45) is 0. The second-order valence-corrected chi connectivity index (χ2v) is 4.07. The van der Waals surface area contributed by atoms with Gasteiger partial charge in [0, 0.05) is 10.7 Å². The Kier molecular flexibility index (Phi) is 3.90. The highest BCUT2D eigenvalue weighted by molar-refractivity contribution is 6.29. The molecule has 0 bridgehead atoms. The predicted octanol–water partition coefficient (Wildman–Crippen LogP) is 1.47. The number of hydrogen-bond acceptors (Lipinski definition) is 2. The topological polar surface area (TPSA) is 62.0 Å². The summed E-state index contributed by atoms with van der Waals surface area (Å²) in [6, 6.07) is 1.74. The van der Waals surface area contributed by atoms with Gasteiger partial charge in [0.2, 0.25) is 0 Å². The Hall–Kier alpha value is -1.55. The third-order valence-electron chi connectivity index (χ3n) is 2.03. The van der Waals surface area contributed by atoms with E-state index < -0.39 is 11.5 Å². The fourth-order valence-corrected chi connectivity index (χ4v) is 1.47. The molecule has 0 unspecified atom stereocenters. The SMILES string of the molecule is C=C(Cl)CNC(=O)c1c(C)cc(C)[nH]c1=O. The van der Waals surface area contributed by atoms with Gasteiger partial charge in [0.25, 0.3) is 11.5 Å². The van der Waals surface area contributed by atoms with Crippen LogP contribution < -0.4 is 10.9 Å². The summed E-state index contributed by atoms with van der Waals surface area (Å²) in [5.74, 6) is -0.444. The van der Waals surface area contributed by atoms with Crippen molar-refractivity contribution in [2.45, 2.75) is 13.8 Å². The predicted molar refractivity (Wildman–Crippen MR) is 63.9 cm³/mol. The van der Waals surface area contributed by atoms with Gasteiger partial charge >= 0.3 is 0 Å². The number of nitrogens with one attached hydrogen (secondary N) is 2. The number of carbonyl (C=O) groups excluding carboxylic acids is 1. The van der Waals surface area contributed by atoms with Crippen LogP contribution in [0.2, 0.25) is 0 Å². The molecular weight excluding hydrogens is 228 g/mol. The van der Waals surface area contributed by atoms with Crippen LogP contribution in [0, 0.1) is 13.8 Å². The van der Waals surface area contributed by atoms with Crippen LogP contribution in [-0.2, 0) is 0 Å². The van der Waals surface area contributed by atoms with Gasteiger partial charge in [-0.2, -0.15) is 0 Å². The Bertz CT molecular complexity index is 491. The second-order valence-electron chi connectivity index (χ2n) is 3.54. The summed E-state index contributed by atoms with van der Waals surface area (Å²) >= 11 is 5.52. The molecule has 1 rings (SSSR count). The van der Waals surface area contributed by atoms with Gasteiger partial charge in [0.05, 0.1) is 6.54 Å². The first-order valence-electron chi connectivity index (χ1n) is 4.74. The van der Waals surface area contributed by atoms with Crippen LogP contribution >= 0.6 is 11.6 Å². The third-order valence-corrected chi connectivity index (χ3v) is 2.17. The molecule has 86 valence electrons. The Labute approximate surface area is 98.3 Å². The quantitative estimate of drug-likeness (QED) is 0.841. The van der Waals surface area contributed by atoms with E-state index in [0.717, 1.165) is 5.69 Å². The smallest absolute Gasteiger partial charge is 0.261 e. The zero-order chi connectivity index (χ0) is 12.3. The number of carbonyl (C=O) groups is 1. The van der Waals surface area contributed by atoms with Gasteiger partial charge < -0.3 is 10.3 Å². The van der Waals surface area contributed by atoms with Crippen LogP contribution in [0.4, 0.5) is 0 Å². The average Bonchev–Trinajstić information content (AvgIpc) is 2.12. The molecule has 0 aliphatic carbocycles. The summed E-state index contributed by atoms with van der Waals surface area (Å²) < 4.78 is 0. The van der Waals surface area contributed by atoms with Crippen molar-refractivity contribution in [2.24, 2.45) is 0 Å². The van der Waals surface area contributed by atoms with E-state index in [9.17, 15) is 9.59 Å². The zero-order valence-electron chi connectivity index (χ0n) is 9.19. The molecule has 16 heavy (non-hydrogen) atoms.